The first-order valence-electron chi connectivity index (χ1n) is 5.86. The Bertz CT molecular complexity index is 575. The van der Waals surface area contributed by atoms with E-state index in [1.807, 2.05) is 0 Å². The molecule has 98 valence electrons. The molecule has 0 unspecified atom stereocenters. The third-order valence-corrected chi connectivity index (χ3v) is 2.68. The van der Waals surface area contributed by atoms with E-state index in [-0.39, 0.29) is 36.4 Å². The Morgan fingerprint density at radius 3 is 2.58 bits per heavy atom. The fraction of sp³-hybridized carbons (Fsp3) is 0.214. The van der Waals surface area contributed by atoms with Gasteiger partial charge in [0.2, 0.25) is 5.78 Å². The molecule has 0 bridgehead atoms. The highest BCUT2D eigenvalue weighted by Gasteiger charge is 2.24. The minimum atomic E-state index is -0.382. The van der Waals surface area contributed by atoms with Crippen LogP contribution in [0.15, 0.2) is 36.0 Å². The fourth-order valence-corrected chi connectivity index (χ4v) is 1.83. The maximum Gasteiger partial charge on any atom is 0.302 e. The standard InChI is InChI=1S/C14H13NO4/c1-9(16)19-7-6-15-12-8-13(17)10-4-2-3-5-11(10)14(12)18/h2-5,8,15H,6-7H2,1H3. The first kappa shape index (κ1) is 13.0. The zero-order chi connectivity index (χ0) is 13.8. The van der Waals surface area contributed by atoms with Crippen molar-refractivity contribution < 1.29 is 19.1 Å². The number of esters is 1. The number of hydrogen-bond acceptors (Lipinski definition) is 5. The summed E-state index contributed by atoms with van der Waals surface area (Å²) in [5.41, 5.74) is 1.04. The molecule has 5 heteroatoms. The van der Waals surface area contributed by atoms with Crippen LogP contribution in [-0.2, 0) is 9.53 Å². The van der Waals surface area contributed by atoms with E-state index in [9.17, 15) is 14.4 Å². The summed E-state index contributed by atoms with van der Waals surface area (Å²) in [6, 6.07) is 6.68. The highest BCUT2D eigenvalue weighted by atomic mass is 16.5. The van der Waals surface area contributed by atoms with Gasteiger partial charge in [-0.25, -0.2) is 0 Å². The van der Waals surface area contributed by atoms with Crippen LogP contribution in [0.2, 0.25) is 0 Å². The lowest BCUT2D eigenvalue weighted by molar-refractivity contribution is -0.140. The lowest BCUT2D eigenvalue weighted by Crippen LogP contribution is -2.29. The number of carbonyl (C=O) groups excluding carboxylic acids is 3. The molecule has 1 aromatic carbocycles. The molecule has 0 fully saturated rings. The predicted octanol–water partition coefficient (Wildman–Crippen LogP) is 1.10. The van der Waals surface area contributed by atoms with E-state index in [0.717, 1.165) is 0 Å². The SMILES string of the molecule is CC(=O)OCCNC1=CC(=O)c2ccccc2C1=O. The summed E-state index contributed by atoms with van der Waals surface area (Å²) in [7, 11) is 0. The lowest BCUT2D eigenvalue weighted by Gasteiger charge is -2.16. The van der Waals surface area contributed by atoms with Crippen molar-refractivity contribution in [2.24, 2.45) is 0 Å². The van der Waals surface area contributed by atoms with Crippen molar-refractivity contribution in [3.8, 4) is 0 Å². The topological polar surface area (TPSA) is 72.5 Å². The minimum Gasteiger partial charge on any atom is -0.464 e. The first-order chi connectivity index (χ1) is 9.09. The van der Waals surface area contributed by atoms with Gasteiger partial charge >= 0.3 is 5.97 Å². The summed E-state index contributed by atoms with van der Waals surface area (Å²) in [6.45, 7) is 1.74. The van der Waals surface area contributed by atoms with Crippen LogP contribution < -0.4 is 5.32 Å². The second-order valence-corrected chi connectivity index (χ2v) is 4.06. The van der Waals surface area contributed by atoms with E-state index in [2.05, 4.69) is 5.32 Å². The van der Waals surface area contributed by atoms with E-state index in [0.29, 0.717) is 11.1 Å². The maximum absolute atomic E-state index is 12.1. The molecule has 19 heavy (non-hydrogen) atoms. The first-order valence-corrected chi connectivity index (χ1v) is 5.86. The zero-order valence-electron chi connectivity index (χ0n) is 10.4. The zero-order valence-corrected chi connectivity index (χ0v) is 10.4. The number of rotatable bonds is 4. The van der Waals surface area contributed by atoms with Gasteiger partial charge in [-0.2, -0.15) is 0 Å². The number of fused-ring (bicyclic) bond motifs is 1. The van der Waals surface area contributed by atoms with Crippen LogP contribution in [0.4, 0.5) is 0 Å². The molecule has 1 aliphatic rings. The van der Waals surface area contributed by atoms with Crippen molar-refractivity contribution in [3.05, 3.63) is 47.2 Å². The van der Waals surface area contributed by atoms with E-state index in [4.69, 9.17) is 4.74 Å². The summed E-state index contributed by atoms with van der Waals surface area (Å²) in [6.07, 6.45) is 1.28. The van der Waals surface area contributed by atoms with Gasteiger partial charge in [-0.3, -0.25) is 14.4 Å². The van der Waals surface area contributed by atoms with Crippen molar-refractivity contribution in [2.45, 2.75) is 6.92 Å². The number of Topliss-reactive ketones (excluding diaryl/α,β-unsaturated/α-hetero) is 1. The van der Waals surface area contributed by atoms with Crippen LogP contribution in [0.5, 0.6) is 0 Å². The highest BCUT2D eigenvalue weighted by molar-refractivity contribution is 6.24. The smallest absolute Gasteiger partial charge is 0.302 e. The largest absolute Gasteiger partial charge is 0.464 e. The Morgan fingerprint density at radius 2 is 1.89 bits per heavy atom. The van der Waals surface area contributed by atoms with Crippen molar-refractivity contribution >= 4 is 17.5 Å². The predicted molar refractivity (Wildman–Crippen MR) is 67.8 cm³/mol. The molecule has 1 aromatic rings. The molecule has 0 amide bonds. The number of carbonyl (C=O) groups is 3. The molecule has 1 N–H and O–H groups in total. The average Bonchev–Trinajstić information content (AvgIpc) is 2.40. The Hall–Kier alpha value is -2.43. The van der Waals surface area contributed by atoms with E-state index >= 15 is 0 Å². The maximum atomic E-state index is 12.1. The molecule has 0 radical (unpaired) electrons. The molecule has 0 saturated carbocycles. The fourth-order valence-electron chi connectivity index (χ4n) is 1.83. The Balaban J connectivity index is 2.06. The van der Waals surface area contributed by atoms with Gasteiger partial charge in [0, 0.05) is 30.7 Å². The van der Waals surface area contributed by atoms with Crippen LogP contribution >= 0.6 is 0 Å². The molecule has 0 aromatic heterocycles. The molecular formula is C14H13NO4. The lowest BCUT2D eigenvalue weighted by atomic mass is 9.93. The number of benzene rings is 1. The van der Waals surface area contributed by atoms with Crippen LogP contribution in [0.25, 0.3) is 0 Å². The third kappa shape index (κ3) is 2.88. The monoisotopic (exact) mass is 259 g/mol. The number of nitrogens with one attached hydrogen (secondary N) is 1. The summed E-state index contributed by atoms with van der Waals surface area (Å²) >= 11 is 0. The van der Waals surface area contributed by atoms with Crippen molar-refractivity contribution in [1.82, 2.24) is 5.32 Å². The van der Waals surface area contributed by atoms with E-state index < -0.39 is 0 Å². The summed E-state index contributed by atoms with van der Waals surface area (Å²) < 4.78 is 4.74. The van der Waals surface area contributed by atoms with Crippen molar-refractivity contribution in [1.29, 1.82) is 0 Å². The molecule has 5 nitrogen and oxygen atoms in total. The normalized spacial score (nSPS) is 13.6. The molecule has 2 rings (SSSR count). The van der Waals surface area contributed by atoms with Gasteiger partial charge < -0.3 is 10.1 Å². The van der Waals surface area contributed by atoms with Crippen molar-refractivity contribution in [2.75, 3.05) is 13.2 Å². The van der Waals surface area contributed by atoms with Gasteiger partial charge in [0.15, 0.2) is 5.78 Å². The number of allylic oxidation sites excluding steroid dienone is 2. The molecule has 0 heterocycles. The van der Waals surface area contributed by atoms with Crippen LogP contribution in [0, 0.1) is 0 Å². The van der Waals surface area contributed by atoms with Gasteiger partial charge in [0.25, 0.3) is 0 Å². The Labute approximate surface area is 110 Å². The minimum absolute atomic E-state index is 0.149. The van der Waals surface area contributed by atoms with Crippen LogP contribution in [0.1, 0.15) is 27.6 Å². The third-order valence-electron chi connectivity index (χ3n) is 2.68. The summed E-state index contributed by atoms with van der Waals surface area (Å²) in [4.78, 5) is 34.5. The number of ketones is 2. The van der Waals surface area contributed by atoms with Crippen LogP contribution in [-0.4, -0.2) is 30.7 Å². The molecular weight excluding hydrogens is 246 g/mol. The second kappa shape index (κ2) is 5.48. The second-order valence-electron chi connectivity index (χ2n) is 4.06. The summed E-state index contributed by atoms with van der Waals surface area (Å²) in [5, 5.41) is 2.81. The van der Waals surface area contributed by atoms with Gasteiger partial charge in [-0.15, -0.1) is 0 Å². The highest BCUT2D eigenvalue weighted by Crippen LogP contribution is 2.19. The van der Waals surface area contributed by atoms with E-state index in [1.54, 1.807) is 24.3 Å². The molecule has 0 aliphatic heterocycles. The number of hydrogen-bond donors (Lipinski definition) is 1. The van der Waals surface area contributed by atoms with E-state index in [1.165, 1.54) is 13.0 Å². The van der Waals surface area contributed by atoms with Crippen molar-refractivity contribution in [3.63, 3.8) is 0 Å². The Morgan fingerprint density at radius 1 is 1.21 bits per heavy atom. The molecule has 1 aliphatic carbocycles. The molecule has 0 saturated heterocycles. The average molecular weight is 259 g/mol. The molecule has 0 spiro atoms. The van der Waals surface area contributed by atoms with Crippen LogP contribution in [0.3, 0.4) is 0 Å². The van der Waals surface area contributed by atoms with Gasteiger partial charge in [0.05, 0.1) is 5.70 Å². The quantitative estimate of drug-likeness (QED) is 0.647. The molecule has 0 atom stereocenters. The van der Waals surface area contributed by atoms with Gasteiger partial charge in [-0.05, 0) is 0 Å². The van der Waals surface area contributed by atoms with Gasteiger partial charge in [0.1, 0.15) is 6.61 Å². The Kier molecular flexibility index (Phi) is 3.75. The number of ether oxygens (including phenoxy) is 1. The summed E-state index contributed by atoms with van der Waals surface area (Å²) in [5.74, 6) is -0.810. The van der Waals surface area contributed by atoms with Gasteiger partial charge in [-0.1, -0.05) is 24.3 Å².